The Morgan fingerprint density at radius 1 is 1.16 bits per heavy atom. The molecule has 7 heteroatoms. The van der Waals surface area contributed by atoms with Crippen LogP contribution in [0, 0.1) is 6.92 Å². The fraction of sp³-hybridized carbons (Fsp3) is 0.320. The van der Waals surface area contributed by atoms with E-state index in [1.165, 1.54) is 0 Å². The Balaban J connectivity index is 1.35. The molecule has 1 aromatic heterocycles. The molecule has 166 valence electrons. The first kappa shape index (κ1) is 22.1. The van der Waals surface area contributed by atoms with E-state index in [1.807, 2.05) is 74.6 Å². The van der Waals surface area contributed by atoms with Crippen molar-refractivity contribution in [3.05, 3.63) is 76.8 Å². The van der Waals surface area contributed by atoms with Crippen molar-refractivity contribution in [3.63, 3.8) is 0 Å². The maximum atomic E-state index is 12.8. The number of halogens is 1. The Kier molecular flexibility index (Phi) is 6.90. The number of piperidine rings is 1. The summed E-state index contributed by atoms with van der Waals surface area (Å²) >= 11 is 6.09. The zero-order chi connectivity index (χ0) is 22.5. The van der Waals surface area contributed by atoms with E-state index in [1.54, 1.807) is 4.90 Å². The van der Waals surface area contributed by atoms with E-state index in [4.69, 9.17) is 11.6 Å². The maximum absolute atomic E-state index is 12.8. The van der Waals surface area contributed by atoms with Crippen molar-refractivity contribution in [1.29, 1.82) is 0 Å². The van der Waals surface area contributed by atoms with E-state index in [9.17, 15) is 4.79 Å². The summed E-state index contributed by atoms with van der Waals surface area (Å²) in [6.45, 7) is 4.09. The lowest BCUT2D eigenvalue weighted by molar-refractivity contribution is 0.182. The molecule has 1 saturated heterocycles. The lowest BCUT2D eigenvalue weighted by atomic mass is 10.0. The second-order valence-electron chi connectivity index (χ2n) is 8.24. The van der Waals surface area contributed by atoms with E-state index in [2.05, 4.69) is 20.4 Å². The average molecular weight is 450 g/mol. The standard InChI is InChI=1S/C25H28ClN5O/c1-18-15-19(10-11-22(18)26)16-27-25(32)30(2)21-9-6-14-31(17-21)24-13-12-23(28-29-24)20-7-4-3-5-8-20/h3-5,7-8,10-13,15,21H,6,9,14,16-17H2,1-2H3,(H,27,32)/t21-/m1/s1. The minimum atomic E-state index is -0.0741. The minimum Gasteiger partial charge on any atom is -0.353 e. The molecular formula is C25H28ClN5O. The molecule has 2 amide bonds. The number of urea groups is 1. The molecule has 2 heterocycles. The lowest BCUT2D eigenvalue weighted by Crippen LogP contribution is -2.51. The van der Waals surface area contributed by atoms with Crippen LogP contribution in [0.1, 0.15) is 24.0 Å². The Morgan fingerprint density at radius 3 is 2.69 bits per heavy atom. The number of nitrogens with zero attached hydrogens (tertiary/aromatic N) is 4. The second kappa shape index (κ2) is 10.0. The zero-order valence-electron chi connectivity index (χ0n) is 18.5. The third kappa shape index (κ3) is 5.19. The Hall–Kier alpha value is -3.12. The molecule has 3 aromatic rings. The predicted molar refractivity (Wildman–Crippen MR) is 129 cm³/mol. The van der Waals surface area contributed by atoms with Crippen molar-refractivity contribution in [3.8, 4) is 11.3 Å². The predicted octanol–water partition coefficient (Wildman–Crippen LogP) is 4.92. The largest absolute Gasteiger partial charge is 0.353 e. The molecule has 0 bridgehead atoms. The summed E-state index contributed by atoms with van der Waals surface area (Å²) in [7, 11) is 1.86. The van der Waals surface area contributed by atoms with Crippen LogP contribution in [0.15, 0.2) is 60.7 Å². The van der Waals surface area contributed by atoms with Gasteiger partial charge in [0.15, 0.2) is 5.82 Å². The summed E-state index contributed by atoms with van der Waals surface area (Å²) in [6, 6.07) is 19.9. The summed E-state index contributed by atoms with van der Waals surface area (Å²) in [5.74, 6) is 0.847. The number of amides is 2. The van der Waals surface area contributed by atoms with Crippen LogP contribution < -0.4 is 10.2 Å². The van der Waals surface area contributed by atoms with Crippen molar-refractivity contribution < 1.29 is 4.79 Å². The van der Waals surface area contributed by atoms with Gasteiger partial charge in [0.05, 0.1) is 11.7 Å². The minimum absolute atomic E-state index is 0.0741. The molecule has 1 atom stereocenters. The quantitative estimate of drug-likeness (QED) is 0.600. The van der Waals surface area contributed by atoms with Crippen LogP contribution in [-0.2, 0) is 6.54 Å². The van der Waals surface area contributed by atoms with E-state index >= 15 is 0 Å². The Bertz CT molecular complexity index is 1060. The fourth-order valence-corrected chi connectivity index (χ4v) is 4.14. The number of aryl methyl sites for hydroxylation is 1. The highest BCUT2D eigenvalue weighted by atomic mass is 35.5. The number of benzene rings is 2. The number of anilines is 1. The topological polar surface area (TPSA) is 61.4 Å². The van der Waals surface area contributed by atoms with Gasteiger partial charge < -0.3 is 15.1 Å². The van der Waals surface area contributed by atoms with Gasteiger partial charge in [-0.1, -0.05) is 54.1 Å². The molecule has 1 fully saturated rings. The highest BCUT2D eigenvalue weighted by Crippen LogP contribution is 2.23. The van der Waals surface area contributed by atoms with E-state index in [0.29, 0.717) is 6.54 Å². The summed E-state index contributed by atoms with van der Waals surface area (Å²) in [5, 5.41) is 12.6. The SMILES string of the molecule is Cc1cc(CNC(=O)N(C)[C@@H]2CCCN(c3ccc(-c4ccccc4)nn3)C2)ccc1Cl. The smallest absolute Gasteiger partial charge is 0.317 e. The highest BCUT2D eigenvalue weighted by molar-refractivity contribution is 6.31. The monoisotopic (exact) mass is 449 g/mol. The van der Waals surface area contributed by atoms with E-state index in [0.717, 1.165) is 59.2 Å². The highest BCUT2D eigenvalue weighted by Gasteiger charge is 2.27. The van der Waals surface area contributed by atoms with Crippen molar-refractivity contribution in [2.24, 2.45) is 0 Å². The van der Waals surface area contributed by atoms with Gasteiger partial charge in [-0.25, -0.2) is 4.79 Å². The van der Waals surface area contributed by atoms with Gasteiger partial charge in [-0.05, 0) is 49.1 Å². The number of aromatic nitrogens is 2. The van der Waals surface area contributed by atoms with Crippen LogP contribution >= 0.6 is 11.6 Å². The van der Waals surface area contributed by atoms with Crippen molar-refractivity contribution in [2.45, 2.75) is 32.4 Å². The molecule has 0 spiro atoms. The third-order valence-corrected chi connectivity index (χ3v) is 6.40. The van der Waals surface area contributed by atoms with E-state index < -0.39 is 0 Å². The molecule has 2 aromatic carbocycles. The van der Waals surface area contributed by atoms with Gasteiger partial charge in [0.1, 0.15) is 0 Å². The second-order valence-corrected chi connectivity index (χ2v) is 8.65. The summed E-state index contributed by atoms with van der Waals surface area (Å²) < 4.78 is 0. The van der Waals surface area contributed by atoms with Crippen LogP contribution in [0.3, 0.4) is 0 Å². The first-order valence-electron chi connectivity index (χ1n) is 10.9. The Morgan fingerprint density at radius 2 is 1.97 bits per heavy atom. The van der Waals surface area contributed by atoms with Gasteiger partial charge in [-0.2, -0.15) is 0 Å². The van der Waals surface area contributed by atoms with Crippen molar-refractivity contribution >= 4 is 23.4 Å². The number of rotatable bonds is 5. The average Bonchev–Trinajstić information content (AvgIpc) is 2.85. The molecule has 1 aliphatic heterocycles. The number of likely N-dealkylation sites (N-methyl/N-ethyl adjacent to an activating group) is 1. The molecule has 0 aliphatic carbocycles. The van der Waals surface area contributed by atoms with Gasteiger partial charge in [0.2, 0.25) is 0 Å². The third-order valence-electron chi connectivity index (χ3n) is 5.97. The molecular weight excluding hydrogens is 422 g/mol. The molecule has 32 heavy (non-hydrogen) atoms. The van der Waals surface area contributed by atoms with Gasteiger partial charge in [-0.3, -0.25) is 0 Å². The molecule has 1 N–H and O–H groups in total. The number of carbonyl (C=O) groups is 1. The molecule has 1 aliphatic rings. The number of hydrogen-bond acceptors (Lipinski definition) is 4. The van der Waals surface area contributed by atoms with Gasteiger partial charge in [0, 0.05) is 37.3 Å². The van der Waals surface area contributed by atoms with Crippen LogP contribution in [-0.4, -0.2) is 47.3 Å². The van der Waals surface area contributed by atoms with Crippen LogP contribution in [0.25, 0.3) is 11.3 Å². The van der Waals surface area contributed by atoms with Crippen LogP contribution in [0.2, 0.25) is 5.02 Å². The van der Waals surface area contributed by atoms with Gasteiger partial charge in [0.25, 0.3) is 0 Å². The summed E-state index contributed by atoms with van der Waals surface area (Å²) in [5.41, 5.74) is 3.95. The number of nitrogens with one attached hydrogen (secondary N) is 1. The van der Waals surface area contributed by atoms with Crippen molar-refractivity contribution in [2.75, 3.05) is 25.0 Å². The molecule has 0 unspecified atom stereocenters. The number of carbonyl (C=O) groups excluding carboxylic acids is 1. The van der Waals surface area contributed by atoms with E-state index in [-0.39, 0.29) is 12.1 Å². The number of hydrogen-bond donors (Lipinski definition) is 1. The van der Waals surface area contributed by atoms with Gasteiger partial charge in [-0.15, -0.1) is 10.2 Å². The van der Waals surface area contributed by atoms with Crippen LogP contribution in [0.5, 0.6) is 0 Å². The summed E-state index contributed by atoms with van der Waals surface area (Å²) in [6.07, 6.45) is 1.97. The molecule has 0 radical (unpaired) electrons. The normalized spacial score (nSPS) is 16.0. The van der Waals surface area contributed by atoms with Crippen molar-refractivity contribution in [1.82, 2.24) is 20.4 Å². The first-order valence-corrected chi connectivity index (χ1v) is 11.3. The zero-order valence-corrected chi connectivity index (χ0v) is 19.2. The molecule has 6 nitrogen and oxygen atoms in total. The Labute approximate surface area is 194 Å². The van der Waals surface area contributed by atoms with Crippen LogP contribution in [0.4, 0.5) is 10.6 Å². The fourth-order valence-electron chi connectivity index (χ4n) is 4.02. The molecule has 4 rings (SSSR count). The molecule has 0 saturated carbocycles. The maximum Gasteiger partial charge on any atom is 0.317 e. The lowest BCUT2D eigenvalue weighted by Gasteiger charge is -2.38. The summed E-state index contributed by atoms with van der Waals surface area (Å²) in [4.78, 5) is 16.8. The van der Waals surface area contributed by atoms with Gasteiger partial charge >= 0.3 is 6.03 Å². The first-order chi connectivity index (χ1) is 15.5.